The first kappa shape index (κ1) is 13.0. The predicted molar refractivity (Wildman–Crippen MR) is 62.5 cm³/mol. The smallest absolute Gasteiger partial charge is 0.329 e. The van der Waals surface area contributed by atoms with Crippen LogP contribution >= 0.6 is 0 Å². The summed E-state index contributed by atoms with van der Waals surface area (Å²) < 4.78 is 4.91. The highest BCUT2D eigenvalue weighted by Crippen LogP contribution is 2.36. The van der Waals surface area contributed by atoms with Gasteiger partial charge in [-0.25, -0.2) is 0 Å². The second-order valence-corrected chi connectivity index (χ2v) is 4.61. The van der Waals surface area contributed by atoms with Crippen molar-refractivity contribution < 1.29 is 24.4 Å². The van der Waals surface area contributed by atoms with Crippen molar-refractivity contribution in [2.45, 2.75) is 19.4 Å². The molecule has 0 aromatic heterocycles. The summed E-state index contributed by atoms with van der Waals surface area (Å²) in [6, 6.07) is 0. The van der Waals surface area contributed by atoms with Gasteiger partial charge in [0.1, 0.15) is 5.76 Å². The van der Waals surface area contributed by atoms with Crippen molar-refractivity contribution in [3.05, 3.63) is 45.2 Å². The number of ether oxygens (including phenoxy) is 1. The van der Waals surface area contributed by atoms with Gasteiger partial charge in [0.25, 0.3) is 5.54 Å². The van der Waals surface area contributed by atoms with E-state index in [-0.39, 0.29) is 5.76 Å². The van der Waals surface area contributed by atoms with E-state index in [1.807, 2.05) is 0 Å². The molecule has 0 aromatic carbocycles. The van der Waals surface area contributed by atoms with Gasteiger partial charge in [-0.15, -0.1) is 0 Å². The van der Waals surface area contributed by atoms with Crippen LogP contribution in [0, 0.1) is 16.0 Å². The molecule has 2 rings (SSSR count). The highest BCUT2D eigenvalue weighted by atomic mass is 16.6. The van der Waals surface area contributed by atoms with Crippen LogP contribution in [0.1, 0.15) is 13.8 Å². The average molecular weight is 265 g/mol. The summed E-state index contributed by atoms with van der Waals surface area (Å²) in [7, 11) is 0. The number of carbonyl (C=O) groups is 2. The second kappa shape index (κ2) is 4.04. The minimum absolute atomic E-state index is 0.0432. The fourth-order valence-corrected chi connectivity index (χ4v) is 2.03. The molecule has 0 fully saturated rings. The number of nitro groups is 1. The fourth-order valence-electron chi connectivity index (χ4n) is 2.03. The molecule has 0 amide bonds. The monoisotopic (exact) mass is 265 g/mol. The Morgan fingerprint density at radius 2 is 2.21 bits per heavy atom. The summed E-state index contributed by atoms with van der Waals surface area (Å²) in [5.41, 5.74) is -0.738. The summed E-state index contributed by atoms with van der Waals surface area (Å²) in [5, 5.41) is 19.9. The number of hydrogen-bond acceptors (Lipinski definition) is 5. The van der Waals surface area contributed by atoms with Gasteiger partial charge in [-0.3, -0.25) is 19.7 Å². The van der Waals surface area contributed by atoms with Crippen molar-refractivity contribution >= 4 is 11.9 Å². The molecule has 1 aliphatic heterocycles. The maximum atomic E-state index is 11.6. The molecule has 7 heteroatoms. The summed E-state index contributed by atoms with van der Waals surface area (Å²) in [4.78, 5) is 33.0. The molecule has 0 bridgehead atoms. The van der Waals surface area contributed by atoms with E-state index < -0.39 is 28.3 Å². The molecule has 0 radical (unpaired) electrons. The van der Waals surface area contributed by atoms with E-state index in [0.717, 1.165) is 0 Å². The van der Waals surface area contributed by atoms with Crippen LogP contribution in [0.3, 0.4) is 0 Å². The molecule has 7 nitrogen and oxygen atoms in total. The van der Waals surface area contributed by atoms with Crippen molar-refractivity contribution in [3.8, 4) is 0 Å². The van der Waals surface area contributed by atoms with Crippen LogP contribution in [0.2, 0.25) is 0 Å². The number of carbonyl (C=O) groups excluding carboxylic acids is 1. The number of fused-ring (bicyclic) bond motifs is 1. The average Bonchev–Trinajstić information content (AvgIpc) is 2.27. The van der Waals surface area contributed by atoms with Gasteiger partial charge in [-0.05, 0) is 24.6 Å². The maximum Gasteiger partial charge on any atom is 0.329 e. The highest BCUT2D eigenvalue weighted by molar-refractivity contribution is 5.99. The Hall–Kier alpha value is -2.44. The third-order valence-electron chi connectivity index (χ3n) is 3.22. The van der Waals surface area contributed by atoms with Crippen LogP contribution in [-0.4, -0.2) is 27.5 Å². The van der Waals surface area contributed by atoms with Crippen LogP contribution in [-0.2, 0) is 14.3 Å². The standard InChI is InChI=1S/C12H11NO6/c1-6-7-3-4-12(2,13(17)18)5-8(7)19-11(16)9(6)10(14)15/h3-5,9H,1-2H3,(H,14,15). The molecule has 0 spiro atoms. The molecule has 2 unspecified atom stereocenters. The zero-order chi connectivity index (χ0) is 14.4. The Kier molecular flexibility index (Phi) is 2.77. The Morgan fingerprint density at radius 3 is 2.74 bits per heavy atom. The summed E-state index contributed by atoms with van der Waals surface area (Å²) in [6.07, 6.45) is 3.98. The summed E-state index contributed by atoms with van der Waals surface area (Å²) in [5.74, 6) is -3.55. The van der Waals surface area contributed by atoms with Crippen LogP contribution in [0.25, 0.3) is 0 Å². The quantitative estimate of drug-likeness (QED) is 0.346. The van der Waals surface area contributed by atoms with Crippen molar-refractivity contribution in [1.29, 1.82) is 0 Å². The van der Waals surface area contributed by atoms with Crippen LogP contribution < -0.4 is 0 Å². The second-order valence-electron chi connectivity index (χ2n) is 4.61. The van der Waals surface area contributed by atoms with Crippen molar-refractivity contribution in [1.82, 2.24) is 0 Å². The molecule has 0 saturated carbocycles. The molecule has 2 atom stereocenters. The minimum atomic E-state index is -1.46. The Balaban J connectivity index is 2.54. The number of nitrogens with zero attached hydrogens (tertiary/aromatic N) is 1. The number of carboxylic acids is 1. The lowest BCUT2D eigenvalue weighted by atomic mass is 9.85. The molecule has 1 heterocycles. The molecule has 0 saturated heterocycles. The largest absolute Gasteiger partial charge is 0.480 e. The van der Waals surface area contributed by atoms with Crippen LogP contribution in [0.4, 0.5) is 0 Å². The molecule has 1 aliphatic carbocycles. The first-order valence-corrected chi connectivity index (χ1v) is 5.48. The first-order chi connectivity index (χ1) is 8.76. The molecule has 100 valence electrons. The normalized spacial score (nSPS) is 29.5. The van der Waals surface area contributed by atoms with E-state index >= 15 is 0 Å². The van der Waals surface area contributed by atoms with E-state index in [4.69, 9.17) is 9.84 Å². The summed E-state index contributed by atoms with van der Waals surface area (Å²) in [6.45, 7) is 2.86. The summed E-state index contributed by atoms with van der Waals surface area (Å²) >= 11 is 0. The number of carboxylic acid groups (broad SMARTS) is 1. The van der Waals surface area contributed by atoms with Gasteiger partial charge in [0.2, 0.25) is 0 Å². The Labute approximate surface area is 108 Å². The molecule has 1 N–H and O–H groups in total. The number of allylic oxidation sites excluding steroid dienone is 1. The van der Waals surface area contributed by atoms with Gasteiger partial charge >= 0.3 is 11.9 Å². The van der Waals surface area contributed by atoms with Gasteiger partial charge in [0, 0.05) is 23.5 Å². The van der Waals surface area contributed by atoms with Gasteiger partial charge in [-0.2, -0.15) is 0 Å². The zero-order valence-corrected chi connectivity index (χ0v) is 10.2. The lowest BCUT2D eigenvalue weighted by molar-refractivity contribution is -0.536. The SMILES string of the molecule is CC1=C2C=CC(C)([N+](=O)[O-])C=C2OC(=O)C1C(=O)O. The predicted octanol–water partition coefficient (Wildman–Crippen LogP) is 1.05. The third kappa shape index (κ3) is 1.92. The number of rotatable bonds is 2. The highest BCUT2D eigenvalue weighted by Gasteiger charge is 2.42. The molecular weight excluding hydrogens is 254 g/mol. The zero-order valence-electron chi connectivity index (χ0n) is 10.2. The Bertz CT molecular complexity index is 585. The van der Waals surface area contributed by atoms with Gasteiger partial charge in [0.05, 0.1) is 0 Å². The molecule has 0 aromatic rings. The molecular formula is C12H11NO6. The lowest BCUT2D eigenvalue weighted by Crippen LogP contribution is -2.36. The van der Waals surface area contributed by atoms with E-state index in [2.05, 4.69) is 0 Å². The first-order valence-electron chi connectivity index (χ1n) is 5.48. The van der Waals surface area contributed by atoms with E-state index in [9.17, 15) is 19.7 Å². The van der Waals surface area contributed by atoms with Crippen molar-refractivity contribution in [3.63, 3.8) is 0 Å². The third-order valence-corrected chi connectivity index (χ3v) is 3.22. The fraction of sp³-hybridized carbons (Fsp3) is 0.333. The number of hydrogen-bond donors (Lipinski definition) is 1. The van der Waals surface area contributed by atoms with Crippen molar-refractivity contribution in [2.75, 3.05) is 0 Å². The minimum Gasteiger partial charge on any atom is -0.480 e. The van der Waals surface area contributed by atoms with Gasteiger partial charge in [-0.1, -0.05) is 0 Å². The Morgan fingerprint density at radius 1 is 1.58 bits per heavy atom. The van der Waals surface area contributed by atoms with Gasteiger partial charge in [0.15, 0.2) is 5.92 Å². The van der Waals surface area contributed by atoms with E-state index in [1.165, 1.54) is 32.1 Å². The van der Waals surface area contributed by atoms with Crippen molar-refractivity contribution in [2.24, 2.45) is 5.92 Å². The molecule has 19 heavy (non-hydrogen) atoms. The number of esters is 1. The number of aliphatic carboxylic acids is 1. The maximum absolute atomic E-state index is 11.6. The topological polar surface area (TPSA) is 107 Å². The van der Waals surface area contributed by atoms with Crippen LogP contribution in [0.5, 0.6) is 0 Å². The van der Waals surface area contributed by atoms with E-state index in [1.54, 1.807) is 0 Å². The van der Waals surface area contributed by atoms with Crippen LogP contribution in [0.15, 0.2) is 35.1 Å². The lowest BCUT2D eigenvalue weighted by Gasteiger charge is -2.27. The molecule has 2 aliphatic rings. The van der Waals surface area contributed by atoms with E-state index in [0.29, 0.717) is 11.1 Å². The van der Waals surface area contributed by atoms with Gasteiger partial charge < -0.3 is 9.84 Å².